The molecule has 4 heteroatoms. The summed E-state index contributed by atoms with van der Waals surface area (Å²) in [6.07, 6.45) is 5.57. The quantitative estimate of drug-likeness (QED) is 0.347. The third-order valence-corrected chi connectivity index (χ3v) is 6.16. The minimum absolute atomic E-state index is 0.924. The van der Waals surface area contributed by atoms with Crippen molar-refractivity contribution in [1.82, 2.24) is 14.5 Å². The second-order valence-electron chi connectivity index (χ2n) is 6.80. The van der Waals surface area contributed by atoms with E-state index in [1.807, 2.05) is 24.5 Å². The van der Waals surface area contributed by atoms with Gasteiger partial charge >= 0.3 is 0 Å². The minimum atomic E-state index is 0.924. The zero-order valence-electron chi connectivity index (χ0n) is 14.9. The molecule has 0 atom stereocenters. The molecule has 0 saturated carbocycles. The summed E-state index contributed by atoms with van der Waals surface area (Å²) in [6.45, 7) is 0. The number of aromatic nitrogens is 3. The lowest BCUT2D eigenvalue weighted by molar-refractivity contribution is 1.09. The molecular formula is C24H15N3S. The Hall–Kier alpha value is -3.50. The number of thiophene rings is 1. The summed E-state index contributed by atoms with van der Waals surface area (Å²) in [6, 6.07) is 23.4. The first-order chi connectivity index (χ1) is 13.9. The van der Waals surface area contributed by atoms with Gasteiger partial charge in [0.05, 0.1) is 15.7 Å². The second-order valence-corrected chi connectivity index (χ2v) is 7.71. The van der Waals surface area contributed by atoms with Gasteiger partial charge in [0.15, 0.2) is 0 Å². The van der Waals surface area contributed by atoms with Gasteiger partial charge in [-0.3, -0.25) is 9.55 Å². The van der Waals surface area contributed by atoms with Crippen molar-refractivity contribution in [3.05, 3.63) is 90.7 Å². The average Bonchev–Trinajstić information content (AvgIpc) is 3.37. The fourth-order valence-corrected chi connectivity index (χ4v) is 4.90. The molecule has 0 amide bonds. The molecule has 132 valence electrons. The summed E-state index contributed by atoms with van der Waals surface area (Å²) in [5, 5.41) is 5.94. The largest absolute Gasteiger partial charge is 0.292 e. The van der Waals surface area contributed by atoms with Crippen molar-refractivity contribution in [1.29, 1.82) is 0 Å². The van der Waals surface area contributed by atoms with Crippen LogP contribution in [0.4, 0.5) is 0 Å². The summed E-state index contributed by atoms with van der Waals surface area (Å²) < 4.78 is 3.59. The average molecular weight is 377 g/mol. The van der Waals surface area contributed by atoms with Gasteiger partial charge in [0.25, 0.3) is 0 Å². The molecule has 28 heavy (non-hydrogen) atoms. The molecule has 0 bridgehead atoms. The molecule has 0 N–H and O–H groups in total. The predicted molar refractivity (Wildman–Crippen MR) is 117 cm³/mol. The maximum atomic E-state index is 4.75. The number of benzene rings is 2. The predicted octanol–water partition coefficient (Wildman–Crippen LogP) is 6.46. The third kappa shape index (κ3) is 2.22. The van der Waals surface area contributed by atoms with Gasteiger partial charge in [0, 0.05) is 34.9 Å². The maximum absolute atomic E-state index is 4.75. The lowest BCUT2D eigenvalue weighted by atomic mass is 10.1. The monoisotopic (exact) mass is 377 g/mol. The lowest BCUT2D eigenvalue weighted by Gasteiger charge is -2.09. The van der Waals surface area contributed by atoms with Crippen molar-refractivity contribution in [2.45, 2.75) is 0 Å². The van der Waals surface area contributed by atoms with E-state index in [0.29, 0.717) is 0 Å². The number of para-hydroxylation sites is 1. The van der Waals surface area contributed by atoms with Crippen LogP contribution in [0, 0.1) is 0 Å². The van der Waals surface area contributed by atoms with E-state index in [1.165, 1.54) is 31.9 Å². The lowest BCUT2D eigenvalue weighted by Crippen LogP contribution is -1.97. The van der Waals surface area contributed by atoms with E-state index < -0.39 is 0 Å². The fourth-order valence-electron chi connectivity index (χ4n) is 3.97. The highest BCUT2D eigenvalue weighted by Gasteiger charge is 2.16. The molecule has 4 heterocycles. The van der Waals surface area contributed by atoms with E-state index in [4.69, 9.17) is 4.98 Å². The van der Waals surface area contributed by atoms with Crippen LogP contribution in [0.3, 0.4) is 0 Å². The molecule has 0 aliphatic carbocycles. The van der Waals surface area contributed by atoms with Crippen molar-refractivity contribution < 1.29 is 0 Å². The smallest absolute Gasteiger partial charge is 0.138 e. The Labute approximate surface area is 165 Å². The SMILES string of the molecule is c1cncc(-c2ccnc(-n3c4ccccc4c4ccc5ccsc5c43)c2)c1. The van der Waals surface area contributed by atoms with Crippen LogP contribution in [0.5, 0.6) is 0 Å². The van der Waals surface area contributed by atoms with Gasteiger partial charge in [0.2, 0.25) is 0 Å². The van der Waals surface area contributed by atoms with E-state index in [0.717, 1.165) is 16.9 Å². The van der Waals surface area contributed by atoms with Crippen LogP contribution in [0.25, 0.3) is 48.8 Å². The Balaban J connectivity index is 1.73. The summed E-state index contributed by atoms with van der Waals surface area (Å²) >= 11 is 1.78. The topological polar surface area (TPSA) is 30.7 Å². The second kappa shape index (κ2) is 6.01. The van der Waals surface area contributed by atoms with Gasteiger partial charge in [0.1, 0.15) is 5.82 Å². The molecule has 6 aromatic rings. The van der Waals surface area contributed by atoms with Crippen molar-refractivity contribution in [2.24, 2.45) is 0 Å². The summed E-state index contributed by atoms with van der Waals surface area (Å²) in [4.78, 5) is 9.01. The molecule has 0 spiro atoms. The van der Waals surface area contributed by atoms with E-state index >= 15 is 0 Å². The van der Waals surface area contributed by atoms with Gasteiger partial charge in [-0.15, -0.1) is 11.3 Å². The summed E-state index contributed by atoms with van der Waals surface area (Å²) in [5.74, 6) is 0.924. The molecule has 0 radical (unpaired) electrons. The molecule has 0 unspecified atom stereocenters. The van der Waals surface area contributed by atoms with Crippen molar-refractivity contribution in [3.63, 3.8) is 0 Å². The standard InChI is InChI=1S/C24H15N3S/c1-2-6-21-19(5-1)20-8-7-16-10-13-28-24(16)23(20)27(21)22-14-17(9-12-26-22)18-4-3-11-25-15-18/h1-15H. The Morgan fingerprint density at radius 2 is 1.75 bits per heavy atom. The number of rotatable bonds is 2. The van der Waals surface area contributed by atoms with Crippen LogP contribution >= 0.6 is 11.3 Å². The molecule has 0 fully saturated rings. The van der Waals surface area contributed by atoms with E-state index in [2.05, 4.69) is 69.5 Å². The van der Waals surface area contributed by atoms with Gasteiger partial charge in [-0.05, 0) is 46.7 Å². The highest BCUT2D eigenvalue weighted by Crippen LogP contribution is 2.38. The zero-order valence-corrected chi connectivity index (χ0v) is 15.7. The Morgan fingerprint density at radius 3 is 2.68 bits per heavy atom. The number of hydrogen-bond donors (Lipinski definition) is 0. The Morgan fingerprint density at radius 1 is 0.786 bits per heavy atom. The Bertz CT molecular complexity index is 1460. The van der Waals surface area contributed by atoms with Crippen molar-refractivity contribution in [3.8, 4) is 16.9 Å². The van der Waals surface area contributed by atoms with Crippen LogP contribution < -0.4 is 0 Å². The maximum Gasteiger partial charge on any atom is 0.138 e. The number of nitrogens with zero attached hydrogens (tertiary/aromatic N) is 3. The Kier molecular flexibility index (Phi) is 3.34. The van der Waals surface area contributed by atoms with Crippen LogP contribution in [-0.2, 0) is 0 Å². The van der Waals surface area contributed by atoms with E-state index in [-0.39, 0.29) is 0 Å². The first-order valence-corrected chi connectivity index (χ1v) is 10.0. The third-order valence-electron chi connectivity index (χ3n) is 5.22. The van der Waals surface area contributed by atoms with Crippen molar-refractivity contribution in [2.75, 3.05) is 0 Å². The minimum Gasteiger partial charge on any atom is -0.292 e. The van der Waals surface area contributed by atoms with Gasteiger partial charge in [-0.2, -0.15) is 0 Å². The van der Waals surface area contributed by atoms with Crippen LogP contribution in [0.1, 0.15) is 0 Å². The highest BCUT2D eigenvalue weighted by molar-refractivity contribution is 7.18. The highest BCUT2D eigenvalue weighted by atomic mass is 32.1. The summed E-state index contributed by atoms with van der Waals surface area (Å²) in [5.41, 5.74) is 4.61. The molecule has 4 aromatic heterocycles. The van der Waals surface area contributed by atoms with Gasteiger partial charge in [-0.25, -0.2) is 4.98 Å². The molecule has 0 aliphatic heterocycles. The fraction of sp³-hybridized carbons (Fsp3) is 0. The van der Waals surface area contributed by atoms with E-state index in [1.54, 1.807) is 17.5 Å². The number of fused-ring (bicyclic) bond motifs is 5. The summed E-state index contributed by atoms with van der Waals surface area (Å²) in [7, 11) is 0. The van der Waals surface area contributed by atoms with Crippen LogP contribution in [0.15, 0.2) is 90.7 Å². The number of pyridine rings is 2. The molecule has 0 saturated heterocycles. The van der Waals surface area contributed by atoms with Crippen LogP contribution in [-0.4, -0.2) is 14.5 Å². The first kappa shape index (κ1) is 15.5. The van der Waals surface area contributed by atoms with E-state index in [9.17, 15) is 0 Å². The number of hydrogen-bond acceptors (Lipinski definition) is 3. The zero-order chi connectivity index (χ0) is 18.5. The van der Waals surface area contributed by atoms with Gasteiger partial charge in [-0.1, -0.05) is 36.4 Å². The van der Waals surface area contributed by atoms with Gasteiger partial charge < -0.3 is 0 Å². The molecule has 3 nitrogen and oxygen atoms in total. The molecule has 6 rings (SSSR count). The molecular weight excluding hydrogens is 362 g/mol. The first-order valence-electron chi connectivity index (χ1n) is 9.16. The normalized spacial score (nSPS) is 11.6. The molecule has 2 aromatic carbocycles. The van der Waals surface area contributed by atoms with Crippen LogP contribution in [0.2, 0.25) is 0 Å². The molecule has 0 aliphatic rings. The van der Waals surface area contributed by atoms with Crippen molar-refractivity contribution >= 4 is 43.2 Å².